The van der Waals surface area contributed by atoms with E-state index in [1.165, 1.54) is 0 Å². The molecule has 0 amide bonds. The minimum atomic E-state index is 0.206. The van der Waals surface area contributed by atoms with Crippen LogP contribution in [0.1, 0.15) is 51.5 Å². The summed E-state index contributed by atoms with van der Waals surface area (Å²) in [7, 11) is 0. The maximum Gasteiger partial charge on any atom is 0.222 e. The van der Waals surface area contributed by atoms with Crippen LogP contribution >= 0.6 is 0 Å². The fraction of sp³-hybridized carbons (Fsp3) is 0.733. The van der Waals surface area contributed by atoms with Crippen LogP contribution in [0.3, 0.4) is 0 Å². The molecule has 2 heterocycles. The van der Waals surface area contributed by atoms with E-state index >= 15 is 0 Å². The van der Waals surface area contributed by atoms with E-state index in [-0.39, 0.29) is 6.10 Å². The predicted octanol–water partition coefficient (Wildman–Crippen LogP) is 2.98. The Bertz CT molecular complexity index is 418. The van der Waals surface area contributed by atoms with Crippen molar-refractivity contribution in [3.8, 4) is 5.88 Å². The van der Waals surface area contributed by atoms with Crippen LogP contribution in [-0.2, 0) is 4.74 Å². The zero-order valence-electron chi connectivity index (χ0n) is 12.7. The van der Waals surface area contributed by atoms with Crippen LogP contribution in [0.15, 0.2) is 6.33 Å². The fourth-order valence-electron chi connectivity index (χ4n) is 2.35. The standard InChI is InChI=1S/C15H25N3O2/c1-4-7-16-14-13(11(2)3)15(18-10-17-14)20-9-12-6-5-8-19-12/h10-12H,4-9H2,1-3H3,(H,16,17,18). The van der Waals surface area contributed by atoms with E-state index in [0.29, 0.717) is 18.4 Å². The van der Waals surface area contributed by atoms with Gasteiger partial charge in [-0.2, -0.15) is 0 Å². The molecule has 1 aliphatic heterocycles. The smallest absolute Gasteiger partial charge is 0.222 e. The molecule has 2 rings (SSSR count). The van der Waals surface area contributed by atoms with E-state index in [1.807, 2.05) is 0 Å². The first-order valence-corrected chi connectivity index (χ1v) is 7.55. The molecule has 1 fully saturated rings. The molecule has 0 saturated carbocycles. The van der Waals surface area contributed by atoms with Gasteiger partial charge >= 0.3 is 0 Å². The average molecular weight is 279 g/mol. The second-order valence-electron chi connectivity index (χ2n) is 5.47. The second-order valence-corrected chi connectivity index (χ2v) is 5.47. The molecule has 1 atom stereocenters. The van der Waals surface area contributed by atoms with Crippen LogP contribution in [0, 0.1) is 0 Å². The Kier molecular flexibility index (Phi) is 5.59. The summed E-state index contributed by atoms with van der Waals surface area (Å²) in [6.07, 6.45) is 5.03. The number of hydrogen-bond acceptors (Lipinski definition) is 5. The van der Waals surface area contributed by atoms with Crippen molar-refractivity contribution < 1.29 is 9.47 Å². The summed E-state index contributed by atoms with van der Waals surface area (Å²) < 4.78 is 11.5. The normalized spacial score (nSPS) is 18.5. The van der Waals surface area contributed by atoms with Gasteiger partial charge in [0.25, 0.3) is 0 Å². The van der Waals surface area contributed by atoms with Gasteiger partial charge in [0.2, 0.25) is 5.88 Å². The minimum absolute atomic E-state index is 0.206. The topological polar surface area (TPSA) is 56.3 Å². The summed E-state index contributed by atoms with van der Waals surface area (Å²) in [6, 6.07) is 0. The van der Waals surface area contributed by atoms with Crippen LogP contribution in [0.25, 0.3) is 0 Å². The lowest BCUT2D eigenvalue weighted by Crippen LogP contribution is -2.18. The van der Waals surface area contributed by atoms with E-state index in [4.69, 9.17) is 9.47 Å². The maximum atomic E-state index is 5.89. The molecular weight excluding hydrogens is 254 g/mol. The van der Waals surface area contributed by atoms with Gasteiger partial charge in [-0.1, -0.05) is 20.8 Å². The predicted molar refractivity (Wildman–Crippen MR) is 79.4 cm³/mol. The molecule has 1 unspecified atom stereocenters. The van der Waals surface area contributed by atoms with E-state index < -0.39 is 0 Å². The fourth-order valence-corrected chi connectivity index (χ4v) is 2.35. The first-order chi connectivity index (χ1) is 9.72. The lowest BCUT2D eigenvalue weighted by atomic mass is 10.1. The highest BCUT2D eigenvalue weighted by molar-refractivity contribution is 5.50. The van der Waals surface area contributed by atoms with Crippen molar-refractivity contribution in [1.82, 2.24) is 9.97 Å². The molecule has 0 aliphatic carbocycles. The summed E-state index contributed by atoms with van der Waals surface area (Å²) in [5, 5.41) is 3.35. The van der Waals surface area contributed by atoms with Gasteiger partial charge in [0.05, 0.1) is 11.7 Å². The van der Waals surface area contributed by atoms with Crippen molar-refractivity contribution in [2.24, 2.45) is 0 Å². The molecule has 0 bridgehead atoms. The second kappa shape index (κ2) is 7.43. The van der Waals surface area contributed by atoms with Gasteiger partial charge in [-0.25, -0.2) is 9.97 Å². The third kappa shape index (κ3) is 3.82. The van der Waals surface area contributed by atoms with Crippen molar-refractivity contribution >= 4 is 5.82 Å². The Labute approximate surface area is 121 Å². The zero-order chi connectivity index (χ0) is 14.4. The van der Waals surface area contributed by atoms with Crippen LogP contribution in [0.2, 0.25) is 0 Å². The lowest BCUT2D eigenvalue weighted by Gasteiger charge is -2.18. The SMILES string of the molecule is CCCNc1ncnc(OCC2CCCO2)c1C(C)C. The first kappa shape index (κ1) is 15.0. The molecular formula is C15H25N3O2. The molecule has 5 heteroatoms. The number of nitrogens with zero attached hydrogens (tertiary/aromatic N) is 2. The van der Waals surface area contributed by atoms with Gasteiger partial charge < -0.3 is 14.8 Å². The highest BCUT2D eigenvalue weighted by Crippen LogP contribution is 2.30. The average Bonchev–Trinajstić information content (AvgIpc) is 2.95. The molecule has 20 heavy (non-hydrogen) atoms. The third-order valence-corrected chi connectivity index (χ3v) is 3.40. The largest absolute Gasteiger partial charge is 0.475 e. The number of rotatable bonds is 7. The Balaban J connectivity index is 2.09. The molecule has 0 spiro atoms. The highest BCUT2D eigenvalue weighted by Gasteiger charge is 2.20. The molecule has 1 aromatic heterocycles. The molecule has 0 aromatic carbocycles. The minimum Gasteiger partial charge on any atom is -0.475 e. The Hall–Kier alpha value is -1.36. The summed E-state index contributed by atoms with van der Waals surface area (Å²) >= 11 is 0. The van der Waals surface area contributed by atoms with Crippen molar-refractivity contribution in [2.75, 3.05) is 25.1 Å². The summed E-state index contributed by atoms with van der Waals surface area (Å²) in [5.41, 5.74) is 1.05. The van der Waals surface area contributed by atoms with Crippen LogP contribution < -0.4 is 10.1 Å². The van der Waals surface area contributed by atoms with Crippen molar-refractivity contribution in [2.45, 2.75) is 52.1 Å². The van der Waals surface area contributed by atoms with Crippen LogP contribution in [0.4, 0.5) is 5.82 Å². The number of aromatic nitrogens is 2. The van der Waals surface area contributed by atoms with Gasteiger partial charge in [-0.15, -0.1) is 0 Å². The third-order valence-electron chi connectivity index (χ3n) is 3.40. The Morgan fingerprint density at radius 3 is 2.95 bits per heavy atom. The van der Waals surface area contributed by atoms with Gasteiger partial charge in [0.15, 0.2) is 0 Å². The van der Waals surface area contributed by atoms with Crippen molar-refractivity contribution in [3.63, 3.8) is 0 Å². The molecule has 1 aliphatic rings. The molecule has 5 nitrogen and oxygen atoms in total. The van der Waals surface area contributed by atoms with E-state index in [0.717, 1.165) is 43.8 Å². The van der Waals surface area contributed by atoms with Gasteiger partial charge in [0.1, 0.15) is 18.8 Å². The van der Waals surface area contributed by atoms with E-state index in [9.17, 15) is 0 Å². The summed E-state index contributed by atoms with van der Waals surface area (Å²) in [4.78, 5) is 8.65. The number of anilines is 1. The highest BCUT2D eigenvalue weighted by atomic mass is 16.5. The Morgan fingerprint density at radius 1 is 1.45 bits per heavy atom. The van der Waals surface area contributed by atoms with Crippen molar-refractivity contribution in [3.05, 3.63) is 11.9 Å². The lowest BCUT2D eigenvalue weighted by molar-refractivity contribution is 0.0658. The zero-order valence-corrected chi connectivity index (χ0v) is 12.7. The quantitative estimate of drug-likeness (QED) is 0.831. The molecule has 112 valence electrons. The van der Waals surface area contributed by atoms with Gasteiger partial charge in [-0.3, -0.25) is 0 Å². The summed E-state index contributed by atoms with van der Waals surface area (Å²) in [5.74, 6) is 1.89. The first-order valence-electron chi connectivity index (χ1n) is 7.55. The Morgan fingerprint density at radius 2 is 2.30 bits per heavy atom. The van der Waals surface area contributed by atoms with Crippen molar-refractivity contribution in [1.29, 1.82) is 0 Å². The van der Waals surface area contributed by atoms with Gasteiger partial charge in [0, 0.05) is 13.2 Å². The number of ether oxygens (including phenoxy) is 2. The molecule has 0 radical (unpaired) electrons. The maximum absolute atomic E-state index is 5.89. The number of hydrogen-bond donors (Lipinski definition) is 1. The van der Waals surface area contributed by atoms with Crippen LogP contribution in [-0.4, -0.2) is 35.8 Å². The monoisotopic (exact) mass is 279 g/mol. The molecule has 1 aromatic rings. The van der Waals surface area contributed by atoms with E-state index in [2.05, 4.69) is 36.1 Å². The van der Waals surface area contributed by atoms with Gasteiger partial charge in [-0.05, 0) is 25.2 Å². The van der Waals surface area contributed by atoms with Crippen LogP contribution in [0.5, 0.6) is 5.88 Å². The van der Waals surface area contributed by atoms with E-state index in [1.54, 1.807) is 6.33 Å². The summed E-state index contributed by atoms with van der Waals surface area (Å²) in [6.45, 7) is 8.73. The molecule has 1 saturated heterocycles. The molecule has 1 N–H and O–H groups in total. The number of nitrogens with one attached hydrogen (secondary N) is 1.